The van der Waals surface area contributed by atoms with Gasteiger partial charge in [-0.1, -0.05) is 0 Å². The highest BCUT2D eigenvalue weighted by Gasteiger charge is 2.58. The fraction of sp³-hybridized carbons (Fsp3) is 0.429. The van der Waals surface area contributed by atoms with Crippen LogP contribution in [0.3, 0.4) is 0 Å². The third-order valence-corrected chi connectivity index (χ3v) is 6.25. The summed E-state index contributed by atoms with van der Waals surface area (Å²) in [5, 5.41) is 17.0. The van der Waals surface area contributed by atoms with E-state index in [0.29, 0.717) is 55.7 Å². The van der Waals surface area contributed by atoms with E-state index < -0.39 is 17.2 Å². The predicted molar refractivity (Wildman–Crippen MR) is 101 cm³/mol. The van der Waals surface area contributed by atoms with Gasteiger partial charge >= 0.3 is 0 Å². The zero-order chi connectivity index (χ0) is 20.9. The van der Waals surface area contributed by atoms with E-state index in [0.717, 1.165) is 6.07 Å². The number of nitriles is 1. The number of hydrogen-bond donors (Lipinski definition) is 0. The monoisotopic (exact) mass is 411 g/mol. The number of rotatable bonds is 2. The molecule has 0 aliphatic carbocycles. The first-order chi connectivity index (χ1) is 14.5. The standard InChI is InChI=1S/C21H19F2N5O2/c22-15-8-14(9-16(23)10-15)17-1-2-19-28(17)20(29)21(30-19)3-5-27(6-4-21)18-7-13(11-24)12-25-26-18/h7-10,12,17,19H,1-6H2/t17-,19+/m0/s1. The number of hydrogen-bond acceptors (Lipinski definition) is 6. The molecule has 3 fully saturated rings. The Bertz CT molecular complexity index is 1030. The van der Waals surface area contributed by atoms with Crippen LogP contribution in [0.1, 0.15) is 42.9 Å². The van der Waals surface area contributed by atoms with Gasteiger partial charge in [-0.2, -0.15) is 10.4 Å². The predicted octanol–water partition coefficient (Wildman–Crippen LogP) is 2.69. The van der Waals surface area contributed by atoms with Crippen LogP contribution < -0.4 is 4.90 Å². The molecule has 3 saturated heterocycles. The maximum absolute atomic E-state index is 13.7. The van der Waals surface area contributed by atoms with Crippen LogP contribution in [0.25, 0.3) is 0 Å². The number of aromatic nitrogens is 2. The third-order valence-electron chi connectivity index (χ3n) is 6.25. The molecule has 9 heteroatoms. The van der Waals surface area contributed by atoms with E-state index in [9.17, 15) is 13.6 Å². The number of ether oxygens (including phenoxy) is 1. The lowest BCUT2D eigenvalue weighted by molar-refractivity contribution is -0.140. The maximum atomic E-state index is 13.7. The molecule has 154 valence electrons. The van der Waals surface area contributed by atoms with Crippen LogP contribution in [-0.4, -0.2) is 45.9 Å². The van der Waals surface area contributed by atoms with E-state index in [1.807, 2.05) is 11.0 Å². The average Bonchev–Trinajstić information content (AvgIpc) is 3.26. The van der Waals surface area contributed by atoms with Crippen molar-refractivity contribution in [1.29, 1.82) is 5.26 Å². The van der Waals surface area contributed by atoms with E-state index >= 15 is 0 Å². The van der Waals surface area contributed by atoms with Crippen LogP contribution in [0.15, 0.2) is 30.5 Å². The second kappa shape index (κ2) is 6.99. The molecule has 1 aromatic heterocycles. The number of piperidine rings is 1. The average molecular weight is 411 g/mol. The first kappa shape index (κ1) is 18.9. The van der Waals surface area contributed by atoms with Crippen molar-refractivity contribution < 1.29 is 18.3 Å². The molecule has 3 aliphatic heterocycles. The number of amides is 1. The minimum absolute atomic E-state index is 0.115. The third kappa shape index (κ3) is 2.99. The fourth-order valence-corrected chi connectivity index (χ4v) is 4.81. The fourth-order valence-electron chi connectivity index (χ4n) is 4.81. The van der Waals surface area contributed by atoms with Crippen molar-refractivity contribution in [3.63, 3.8) is 0 Å². The van der Waals surface area contributed by atoms with Crippen molar-refractivity contribution in [1.82, 2.24) is 15.1 Å². The van der Waals surface area contributed by atoms with Crippen molar-refractivity contribution in [2.75, 3.05) is 18.0 Å². The molecule has 4 heterocycles. The van der Waals surface area contributed by atoms with Gasteiger partial charge < -0.3 is 14.5 Å². The molecule has 5 rings (SSSR count). The normalized spacial score (nSPS) is 24.9. The van der Waals surface area contributed by atoms with E-state index in [1.54, 1.807) is 11.0 Å². The second-order valence-corrected chi connectivity index (χ2v) is 7.98. The number of carbonyl (C=O) groups excluding carboxylic acids is 1. The summed E-state index contributed by atoms with van der Waals surface area (Å²) in [7, 11) is 0. The van der Waals surface area contributed by atoms with Gasteiger partial charge in [0.15, 0.2) is 11.4 Å². The smallest absolute Gasteiger partial charge is 0.257 e. The van der Waals surface area contributed by atoms with Gasteiger partial charge in [0, 0.05) is 38.1 Å². The summed E-state index contributed by atoms with van der Waals surface area (Å²) in [4.78, 5) is 17.0. The van der Waals surface area contributed by atoms with Gasteiger partial charge in [-0.3, -0.25) is 4.79 Å². The van der Waals surface area contributed by atoms with Crippen molar-refractivity contribution in [2.45, 2.75) is 43.6 Å². The highest BCUT2D eigenvalue weighted by molar-refractivity contribution is 5.88. The minimum Gasteiger partial charge on any atom is -0.355 e. The zero-order valence-electron chi connectivity index (χ0n) is 16.1. The zero-order valence-corrected chi connectivity index (χ0v) is 16.1. The molecule has 2 atom stereocenters. The molecular formula is C21H19F2N5O2. The van der Waals surface area contributed by atoms with E-state index in [1.165, 1.54) is 18.3 Å². The van der Waals surface area contributed by atoms with Crippen molar-refractivity contribution >= 4 is 11.7 Å². The molecule has 1 amide bonds. The molecule has 0 radical (unpaired) electrons. The highest BCUT2D eigenvalue weighted by Crippen LogP contribution is 2.48. The van der Waals surface area contributed by atoms with Crippen molar-refractivity contribution in [3.05, 3.63) is 53.2 Å². The van der Waals surface area contributed by atoms with Gasteiger partial charge in [0.1, 0.15) is 23.9 Å². The van der Waals surface area contributed by atoms with Gasteiger partial charge in [-0.25, -0.2) is 8.78 Å². The Morgan fingerprint density at radius 3 is 2.57 bits per heavy atom. The lowest BCUT2D eigenvalue weighted by Crippen LogP contribution is -2.50. The van der Waals surface area contributed by atoms with Crippen LogP contribution >= 0.6 is 0 Å². The maximum Gasteiger partial charge on any atom is 0.257 e. The Kier molecular flexibility index (Phi) is 4.40. The van der Waals surface area contributed by atoms with E-state index in [-0.39, 0.29) is 18.2 Å². The second-order valence-electron chi connectivity index (χ2n) is 7.98. The van der Waals surface area contributed by atoms with Crippen LogP contribution in [0, 0.1) is 23.0 Å². The molecule has 1 aromatic carbocycles. The molecule has 3 aliphatic rings. The van der Waals surface area contributed by atoms with Gasteiger partial charge in [-0.05, 0) is 30.5 Å². The Morgan fingerprint density at radius 2 is 1.87 bits per heavy atom. The Balaban J connectivity index is 1.34. The van der Waals surface area contributed by atoms with Crippen LogP contribution in [0.4, 0.5) is 14.6 Å². The molecule has 1 spiro atoms. The minimum atomic E-state index is -0.925. The summed E-state index contributed by atoms with van der Waals surface area (Å²) in [6, 6.07) is 6.75. The van der Waals surface area contributed by atoms with Gasteiger partial charge in [0.2, 0.25) is 0 Å². The van der Waals surface area contributed by atoms with Crippen LogP contribution in [0.2, 0.25) is 0 Å². The molecule has 2 aromatic rings. The number of nitrogens with zero attached hydrogens (tertiary/aromatic N) is 5. The SMILES string of the molecule is N#Cc1cnnc(N2CCC3(CC2)O[C@@H]2CC[C@@H](c4cc(F)cc(F)c4)N2C3=O)c1. The topological polar surface area (TPSA) is 82.3 Å². The summed E-state index contributed by atoms with van der Waals surface area (Å²) in [6.07, 6.45) is 3.22. The number of halogens is 2. The Labute approximate surface area is 171 Å². The first-order valence-electron chi connectivity index (χ1n) is 9.93. The summed E-state index contributed by atoms with van der Waals surface area (Å²) < 4.78 is 33.7. The number of benzene rings is 1. The molecule has 30 heavy (non-hydrogen) atoms. The largest absolute Gasteiger partial charge is 0.355 e. The van der Waals surface area contributed by atoms with Crippen LogP contribution in [0.5, 0.6) is 0 Å². The summed E-state index contributed by atoms with van der Waals surface area (Å²) in [5.41, 5.74) is -0.0317. The summed E-state index contributed by atoms with van der Waals surface area (Å²) in [6.45, 7) is 1.07. The molecule has 0 N–H and O–H groups in total. The summed E-state index contributed by atoms with van der Waals surface area (Å²) in [5.74, 6) is -0.811. The highest BCUT2D eigenvalue weighted by atomic mass is 19.1. The Morgan fingerprint density at radius 1 is 1.13 bits per heavy atom. The quantitative estimate of drug-likeness (QED) is 0.756. The van der Waals surface area contributed by atoms with E-state index in [4.69, 9.17) is 10.00 Å². The summed E-state index contributed by atoms with van der Waals surface area (Å²) >= 11 is 0. The molecule has 0 saturated carbocycles. The van der Waals surface area contributed by atoms with Crippen molar-refractivity contribution in [2.24, 2.45) is 0 Å². The van der Waals surface area contributed by atoms with Crippen molar-refractivity contribution in [3.8, 4) is 6.07 Å². The van der Waals surface area contributed by atoms with Gasteiger partial charge in [-0.15, -0.1) is 5.10 Å². The lowest BCUT2D eigenvalue weighted by Gasteiger charge is -2.37. The van der Waals surface area contributed by atoms with Gasteiger partial charge in [0.05, 0.1) is 17.8 Å². The molecule has 0 unspecified atom stereocenters. The Hall–Kier alpha value is -3.12. The molecule has 7 nitrogen and oxygen atoms in total. The van der Waals surface area contributed by atoms with E-state index in [2.05, 4.69) is 10.2 Å². The molecular weight excluding hydrogens is 392 g/mol. The lowest BCUT2D eigenvalue weighted by atomic mass is 9.89. The number of carbonyl (C=O) groups is 1. The number of fused-ring (bicyclic) bond motifs is 1. The van der Waals surface area contributed by atoms with Gasteiger partial charge in [0.25, 0.3) is 5.91 Å². The molecule has 0 bridgehead atoms. The number of anilines is 1. The first-order valence-corrected chi connectivity index (χ1v) is 9.93. The van der Waals surface area contributed by atoms with Crippen LogP contribution in [-0.2, 0) is 9.53 Å².